The van der Waals surface area contributed by atoms with E-state index in [1.807, 2.05) is 30.3 Å². The van der Waals surface area contributed by atoms with E-state index in [-0.39, 0.29) is 4.38 Å². The number of rotatable bonds is 4. The van der Waals surface area contributed by atoms with E-state index in [2.05, 4.69) is 24.8 Å². The number of hydrogen-bond donors (Lipinski definition) is 2. The molecule has 4 heteroatoms. The second kappa shape index (κ2) is 6.01. The minimum absolute atomic E-state index is 0.213. The van der Waals surface area contributed by atoms with E-state index in [1.54, 1.807) is 0 Å². The fourth-order valence-corrected chi connectivity index (χ4v) is 1.27. The van der Waals surface area contributed by atoms with E-state index in [1.165, 1.54) is 0 Å². The van der Waals surface area contributed by atoms with Gasteiger partial charge in [-0.25, -0.2) is 0 Å². The topological polar surface area (TPSA) is 29.5 Å². The van der Waals surface area contributed by atoms with Gasteiger partial charge in [-0.15, -0.1) is 0 Å². The summed E-state index contributed by atoms with van der Waals surface area (Å²) in [5, 5.41) is 9.69. The van der Waals surface area contributed by atoms with Gasteiger partial charge < -0.3 is 9.84 Å². The normalized spacial score (nSPS) is 12.1. The monoisotopic (exact) mass is 228 g/mol. The molecule has 76 valence electrons. The maximum atomic E-state index is 9.69. The zero-order valence-electron chi connectivity index (χ0n) is 7.59. The Labute approximate surface area is 94.3 Å². The molecular formula is C10H12O2S2. The summed E-state index contributed by atoms with van der Waals surface area (Å²) in [5.74, 6) is 0. The smallest absolute Gasteiger partial charge is 0.216 e. The van der Waals surface area contributed by atoms with Crippen molar-refractivity contribution in [3.05, 3.63) is 35.9 Å². The number of benzene rings is 1. The minimum Gasteiger partial charge on any atom is -0.479 e. The van der Waals surface area contributed by atoms with Gasteiger partial charge in [-0.2, -0.15) is 0 Å². The molecule has 0 radical (unpaired) electrons. The number of aliphatic hydroxyl groups excluding tert-OH is 1. The first kappa shape index (κ1) is 11.5. The highest BCUT2D eigenvalue weighted by atomic mass is 32.1. The Balaban J connectivity index is 2.36. The van der Waals surface area contributed by atoms with Crippen LogP contribution in [0.4, 0.5) is 0 Å². The van der Waals surface area contributed by atoms with Gasteiger partial charge in [-0.3, -0.25) is 0 Å². The molecule has 1 rings (SSSR count). The van der Waals surface area contributed by atoms with Gasteiger partial charge in [0.1, 0.15) is 0 Å². The lowest BCUT2D eigenvalue weighted by atomic mass is 10.1. The second-order valence-electron chi connectivity index (χ2n) is 2.83. The van der Waals surface area contributed by atoms with Crippen molar-refractivity contribution < 1.29 is 9.84 Å². The van der Waals surface area contributed by atoms with Crippen LogP contribution in [-0.2, 0) is 4.74 Å². The van der Waals surface area contributed by atoms with E-state index >= 15 is 0 Å². The molecule has 1 atom stereocenters. The predicted molar refractivity (Wildman–Crippen MR) is 63.6 cm³/mol. The lowest BCUT2D eigenvalue weighted by molar-refractivity contribution is 0.140. The average molecular weight is 228 g/mol. The molecule has 0 aliphatic rings. The fourth-order valence-electron chi connectivity index (χ4n) is 1.10. The van der Waals surface area contributed by atoms with Crippen molar-refractivity contribution in [3.8, 4) is 0 Å². The van der Waals surface area contributed by atoms with Crippen molar-refractivity contribution >= 4 is 29.2 Å². The Morgan fingerprint density at radius 3 is 2.64 bits per heavy atom. The number of aliphatic hydroxyl groups is 1. The van der Waals surface area contributed by atoms with Crippen LogP contribution in [0.1, 0.15) is 18.1 Å². The van der Waals surface area contributed by atoms with Crippen molar-refractivity contribution in [2.24, 2.45) is 0 Å². The van der Waals surface area contributed by atoms with E-state index in [9.17, 15) is 5.11 Å². The maximum absolute atomic E-state index is 9.69. The molecule has 0 saturated heterocycles. The summed E-state index contributed by atoms with van der Waals surface area (Å²) in [6.07, 6.45) is 0.0175. The zero-order valence-corrected chi connectivity index (χ0v) is 9.30. The highest BCUT2D eigenvalue weighted by molar-refractivity contribution is 8.10. The standard InChI is InChI=1S/C10H12O2S2/c11-9(6-7-12-10(13)14)8-4-2-1-3-5-8/h1-5,9,11H,6-7H2,(H,13,14)/t9-/m0/s1. The van der Waals surface area contributed by atoms with Gasteiger partial charge in [0.2, 0.25) is 4.38 Å². The van der Waals surface area contributed by atoms with Crippen molar-refractivity contribution in [2.45, 2.75) is 12.5 Å². The average Bonchev–Trinajstić information content (AvgIpc) is 2.18. The highest BCUT2D eigenvalue weighted by Crippen LogP contribution is 2.15. The quantitative estimate of drug-likeness (QED) is 0.612. The molecule has 0 aliphatic heterocycles. The molecule has 0 unspecified atom stereocenters. The number of hydrogen-bond acceptors (Lipinski definition) is 3. The summed E-state index contributed by atoms with van der Waals surface area (Å²) in [5.41, 5.74) is 0.890. The second-order valence-corrected chi connectivity index (χ2v) is 3.91. The van der Waals surface area contributed by atoms with Crippen molar-refractivity contribution in [3.63, 3.8) is 0 Å². The Kier molecular flexibility index (Phi) is 4.93. The van der Waals surface area contributed by atoms with Crippen molar-refractivity contribution in [1.82, 2.24) is 0 Å². The molecule has 14 heavy (non-hydrogen) atoms. The van der Waals surface area contributed by atoms with Crippen LogP contribution in [0, 0.1) is 0 Å². The molecule has 1 aromatic rings. The molecular weight excluding hydrogens is 216 g/mol. The van der Waals surface area contributed by atoms with Gasteiger partial charge in [0, 0.05) is 6.42 Å². The Bertz CT molecular complexity index is 287. The zero-order chi connectivity index (χ0) is 10.4. The SMILES string of the molecule is O[C@@H](CCOC(=S)S)c1ccccc1. The first-order valence-electron chi connectivity index (χ1n) is 4.29. The third kappa shape index (κ3) is 4.09. The lowest BCUT2D eigenvalue weighted by Crippen LogP contribution is -2.04. The van der Waals surface area contributed by atoms with Gasteiger partial charge in [-0.05, 0) is 17.8 Å². The summed E-state index contributed by atoms with van der Waals surface area (Å²) in [7, 11) is 0. The van der Waals surface area contributed by atoms with E-state index in [0.29, 0.717) is 13.0 Å². The molecule has 0 aromatic heterocycles. The Hall–Kier alpha value is -0.580. The van der Waals surface area contributed by atoms with Crippen LogP contribution in [0.3, 0.4) is 0 Å². The van der Waals surface area contributed by atoms with E-state index < -0.39 is 6.10 Å². The fraction of sp³-hybridized carbons (Fsp3) is 0.300. The third-order valence-corrected chi connectivity index (χ3v) is 2.05. The predicted octanol–water partition coefficient (Wildman–Crippen LogP) is 2.34. The van der Waals surface area contributed by atoms with Gasteiger partial charge in [0.25, 0.3) is 0 Å². The van der Waals surface area contributed by atoms with Gasteiger partial charge in [0.15, 0.2) is 0 Å². The number of thiocarbonyl (C=S) groups is 1. The van der Waals surface area contributed by atoms with Crippen LogP contribution in [0.5, 0.6) is 0 Å². The summed E-state index contributed by atoms with van der Waals surface area (Å²) >= 11 is 8.44. The molecule has 1 N–H and O–H groups in total. The molecule has 0 aliphatic carbocycles. The largest absolute Gasteiger partial charge is 0.479 e. The molecule has 0 amide bonds. The number of thiol groups is 1. The molecule has 1 aromatic carbocycles. The van der Waals surface area contributed by atoms with Gasteiger partial charge in [-0.1, -0.05) is 43.0 Å². The molecule has 2 nitrogen and oxygen atoms in total. The Morgan fingerprint density at radius 1 is 1.43 bits per heavy atom. The Morgan fingerprint density at radius 2 is 2.07 bits per heavy atom. The molecule has 0 saturated carbocycles. The van der Waals surface area contributed by atoms with E-state index in [4.69, 9.17) is 4.74 Å². The summed E-state index contributed by atoms with van der Waals surface area (Å²) in [4.78, 5) is 0. The van der Waals surface area contributed by atoms with Crippen LogP contribution in [0.2, 0.25) is 0 Å². The van der Waals surface area contributed by atoms with Crippen LogP contribution < -0.4 is 0 Å². The van der Waals surface area contributed by atoms with Gasteiger partial charge >= 0.3 is 0 Å². The summed E-state index contributed by atoms with van der Waals surface area (Å²) in [6, 6.07) is 9.45. The van der Waals surface area contributed by atoms with Crippen LogP contribution in [0.25, 0.3) is 0 Å². The molecule has 0 fully saturated rings. The lowest BCUT2D eigenvalue weighted by Gasteiger charge is -2.10. The first-order chi connectivity index (χ1) is 6.70. The highest BCUT2D eigenvalue weighted by Gasteiger charge is 2.06. The molecule has 0 heterocycles. The number of ether oxygens (including phenoxy) is 1. The van der Waals surface area contributed by atoms with Crippen LogP contribution >= 0.6 is 24.8 Å². The molecule has 0 spiro atoms. The third-order valence-electron chi connectivity index (χ3n) is 1.80. The van der Waals surface area contributed by atoms with E-state index in [0.717, 1.165) is 5.56 Å². The minimum atomic E-state index is -0.501. The van der Waals surface area contributed by atoms with Crippen LogP contribution in [-0.4, -0.2) is 16.1 Å². The maximum Gasteiger partial charge on any atom is 0.216 e. The summed E-state index contributed by atoms with van der Waals surface area (Å²) in [6.45, 7) is 0.387. The van der Waals surface area contributed by atoms with Crippen LogP contribution in [0.15, 0.2) is 30.3 Å². The van der Waals surface area contributed by atoms with Gasteiger partial charge in [0.05, 0.1) is 12.7 Å². The summed E-state index contributed by atoms with van der Waals surface area (Å²) < 4.78 is 5.18. The van der Waals surface area contributed by atoms with Crippen molar-refractivity contribution in [1.29, 1.82) is 0 Å². The first-order valence-corrected chi connectivity index (χ1v) is 5.14. The molecule has 0 bridgehead atoms. The van der Waals surface area contributed by atoms with Crippen molar-refractivity contribution in [2.75, 3.05) is 6.61 Å².